The molecule has 4 rings (SSSR count). The highest BCUT2D eigenvalue weighted by molar-refractivity contribution is 7.21. The molecular weight excluding hydrogens is 402 g/mol. The topological polar surface area (TPSA) is 74.6 Å². The normalized spacial score (nSPS) is 13.1. The molecule has 30 heavy (non-hydrogen) atoms. The van der Waals surface area contributed by atoms with E-state index < -0.39 is 5.97 Å². The minimum absolute atomic E-state index is 0.0329. The Labute approximate surface area is 178 Å². The fourth-order valence-corrected chi connectivity index (χ4v) is 5.31. The molecule has 0 fully saturated rings. The summed E-state index contributed by atoms with van der Waals surface area (Å²) in [4.78, 5) is 39.2. The molecule has 2 aromatic heterocycles. The number of thiophene rings is 1. The number of Topliss-reactive ketones (excluding diaryl/α,β-unsaturated/α-hetero) is 1. The van der Waals surface area contributed by atoms with Crippen molar-refractivity contribution in [3.63, 3.8) is 0 Å². The maximum absolute atomic E-state index is 13.5. The van der Waals surface area contributed by atoms with E-state index in [0.29, 0.717) is 15.8 Å². The molecule has 2 heterocycles. The van der Waals surface area contributed by atoms with Crippen molar-refractivity contribution in [2.45, 2.75) is 39.2 Å². The molecule has 6 nitrogen and oxygen atoms in total. The van der Waals surface area contributed by atoms with E-state index in [2.05, 4.69) is 0 Å². The van der Waals surface area contributed by atoms with Crippen LogP contribution in [0.5, 0.6) is 5.75 Å². The first-order valence-electron chi connectivity index (χ1n) is 10.1. The van der Waals surface area contributed by atoms with Gasteiger partial charge in [0.2, 0.25) is 0 Å². The van der Waals surface area contributed by atoms with Crippen LogP contribution >= 0.6 is 11.3 Å². The molecule has 0 amide bonds. The fourth-order valence-electron chi connectivity index (χ4n) is 4.06. The summed E-state index contributed by atoms with van der Waals surface area (Å²) in [6.45, 7) is 1.95. The Bertz CT molecular complexity index is 1180. The van der Waals surface area contributed by atoms with Gasteiger partial charge in [0.05, 0.1) is 20.3 Å². The van der Waals surface area contributed by atoms with Crippen LogP contribution in [0.3, 0.4) is 0 Å². The highest BCUT2D eigenvalue weighted by Gasteiger charge is 2.29. The van der Waals surface area contributed by atoms with E-state index in [-0.39, 0.29) is 30.2 Å². The number of ketones is 1. The number of ether oxygens (including phenoxy) is 2. The van der Waals surface area contributed by atoms with Crippen LogP contribution in [-0.2, 0) is 24.1 Å². The molecule has 0 aliphatic heterocycles. The lowest BCUT2D eigenvalue weighted by atomic mass is 9.94. The molecule has 0 N–H and O–H groups in total. The van der Waals surface area contributed by atoms with Gasteiger partial charge in [-0.05, 0) is 38.2 Å². The van der Waals surface area contributed by atoms with E-state index in [4.69, 9.17) is 9.47 Å². The molecule has 0 saturated heterocycles. The number of nitrogens with zero attached hydrogens (tertiary/aromatic N) is 1. The van der Waals surface area contributed by atoms with Gasteiger partial charge in [-0.1, -0.05) is 30.3 Å². The van der Waals surface area contributed by atoms with Crippen molar-refractivity contribution in [1.29, 1.82) is 0 Å². The second-order valence-corrected chi connectivity index (χ2v) is 8.22. The van der Waals surface area contributed by atoms with Crippen molar-refractivity contribution in [1.82, 2.24) is 4.57 Å². The van der Waals surface area contributed by atoms with Crippen molar-refractivity contribution in [2.24, 2.45) is 0 Å². The van der Waals surface area contributed by atoms with Gasteiger partial charge in [-0.3, -0.25) is 9.59 Å². The van der Waals surface area contributed by atoms with Gasteiger partial charge in [0.15, 0.2) is 16.4 Å². The summed E-state index contributed by atoms with van der Waals surface area (Å²) >= 11 is 1.25. The minimum atomic E-state index is -0.494. The summed E-state index contributed by atoms with van der Waals surface area (Å²) in [6.07, 6.45) is 3.50. The highest BCUT2D eigenvalue weighted by Crippen LogP contribution is 2.40. The summed E-state index contributed by atoms with van der Waals surface area (Å²) < 4.78 is 13.0. The largest absolute Gasteiger partial charge is 0.494 e. The van der Waals surface area contributed by atoms with Crippen molar-refractivity contribution < 1.29 is 19.1 Å². The number of rotatable bonds is 6. The Morgan fingerprint density at radius 2 is 1.87 bits per heavy atom. The van der Waals surface area contributed by atoms with Gasteiger partial charge in [0, 0.05) is 16.0 Å². The van der Waals surface area contributed by atoms with Crippen LogP contribution < -0.4 is 10.3 Å². The van der Waals surface area contributed by atoms with Crippen LogP contribution in [0.15, 0.2) is 35.1 Å². The van der Waals surface area contributed by atoms with Crippen LogP contribution in [0.2, 0.25) is 0 Å². The molecule has 0 saturated carbocycles. The first-order chi connectivity index (χ1) is 14.6. The Morgan fingerprint density at radius 3 is 2.57 bits per heavy atom. The summed E-state index contributed by atoms with van der Waals surface area (Å²) in [7, 11) is 1.45. The van der Waals surface area contributed by atoms with Gasteiger partial charge in [0.1, 0.15) is 5.39 Å². The van der Waals surface area contributed by atoms with Gasteiger partial charge in [0.25, 0.3) is 5.56 Å². The molecular formula is C23H23NO5S. The van der Waals surface area contributed by atoms with Gasteiger partial charge in [-0.25, -0.2) is 4.79 Å². The maximum atomic E-state index is 13.5. The van der Waals surface area contributed by atoms with Gasteiger partial charge < -0.3 is 14.0 Å². The Morgan fingerprint density at radius 1 is 1.13 bits per heavy atom. The van der Waals surface area contributed by atoms with Crippen molar-refractivity contribution in [2.75, 3.05) is 13.7 Å². The molecule has 3 aromatic rings. The lowest BCUT2D eigenvalue weighted by Crippen LogP contribution is -2.30. The minimum Gasteiger partial charge on any atom is -0.494 e. The predicted molar refractivity (Wildman–Crippen MR) is 116 cm³/mol. The number of hydrogen-bond donors (Lipinski definition) is 0. The molecule has 1 aliphatic carbocycles. The quantitative estimate of drug-likeness (QED) is 0.441. The van der Waals surface area contributed by atoms with Gasteiger partial charge in [-0.2, -0.15) is 0 Å². The predicted octanol–water partition coefficient (Wildman–Crippen LogP) is 4.01. The Kier molecular flexibility index (Phi) is 5.72. The number of methoxy groups -OCH3 is 1. The second-order valence-electron chi connectivity index (χ2n) is 7.20. The zero-order valence-electron chi connectivity index (χ0n) is 17.0. The fraction of sp³-hybridized carbons (Fsp3) is 0.348. The monoisotopic (exact) mass is 425 g/mol. The molecule has 7 heteroatoms. The molecule has 0 radical (unpaired) electrons. The van der Waals surface area contributed by atoms with E-state index in [1.807, 2.05) is 18.2 Å². The van der Waals surface area contributed by atoms with Crippen LogP contribution in [0.1, 0.15) is 51.1 Å². The maximum Gasteiger partial charge on any atom is 0.352 e. The van der Waals surface area contributed by atoms with E-state index in [9.17, 15) is 14.4 Å². The van der Waals surface area contributed by atoms with Gasteiger partial charge in [-0.15, -0.1) is 11.3 Å². The lowest BCUT2D eigenvalue weighted by molar-refractivity contribution is 0.0529. The van der Waals surface area contributed by atoms with E-state index in [0.717, 1.165) is 41.6 Å². The van der Waals surface area contributed by atoms with Crippen LogP contribution in [0.25, 0.3) is 10.1 Å². The average molecular weight is 426 g/mol. The number of carbonyl (C=O) groups excluding carboxylic acids is 2. The van der Waals surface area contributed by atoms with E-state index in [1.165, 1.54) is 18.4 Å². The third-order valence-corrected chi connectivity index (χ3v) is 6.64. The third-order valence-electron chi connectivity index (χ3n) is 5.42. The summed E-state index contributed by atoms with van der Waals surface area (Å²) in [5.74, 6) is -0.371. The van der Waals surface area contributed by atoms with Crippen LogP contribution in [0, 0.1) is 0 Å². The molecule has 1 aliphatic rings. The van der Waals surface area contributed by atoms with Crippen molar-refractivity contribution in [3.05, 3.63) is 62.4 Å². The molecule has 0 spiro atoms. The number of benzene rings is 1. The molecule has 0 atom stereocenters. The van der Waals surface area contributed by atoms with Crippen molar-refractivity contribution in [3.8, 4) is 5.75 Å². The number of pyridine rings is 1. The number of aryl methyl sites for hydroxylation is 1. The SMILES string of the molecule is CCOC(=O)c1sc2c3c(n(CC(=O)c4ccccc4)c(=O)c2c1OC)CCCC3. The second kappa shape index (κ2) is 8.44. The van der Waals surface area contributed by atoms with E-state index in [1.54, 1.807) is 23.6 Å². The number of carbonyl (C=O) groups is 2. The molecule has 156 valence electrons. The van der Waals surface area contributed by atoms with Crippen LogP contribution in [0.4, 0.5) is 0 Å². The number of esters is 1. The lowest BCUT2D eigenvalue weighted by Gasteiger charge is -2.21. The number of aromatic nitrogens is 1. The summed E-state index contributed by atoms with van der Waals surface area (Å²) in [5, 5.41) is 0.368. The molecule has 1 aromatic carbocycles. The summed E-state index contributed by atoms with van der Waals surface area (Å²) in [6, 6.07) is 8.97. The Balaban J connectivity index is 1.92. The zero-order valence-corrected chi connectivity index (χ0v) is 17.8. The number of hydrogen-bond acceptors (Lipinski definition) is 6. The van der Waals surface area contributed by atoms with E-state index >= 15 is 0 Å². The smallest absolute Gasteiger partial charge is 0.352 e. The first-order valence-corrected chi connectivity index (χ1v) is 10.9. The summed E-state index contributed by atoms with van der Waals surface area (Å²) in [5.41, 5.74) is 2.20. The molecule has 0 bridgehead atoms. The standard InChI is InChI=1S/C23H23NO5S/c1-3-29-23(27)21-19(28-2)18-20(30-21)15-11-7-8-12-16(15)24(22(18)26)13-17(25)14-9-5-4-6-10-14/h4-6,9-10H,3,7-8,11-13H2,1-2H3. The van der Waals surface area contributed by atoms with Crippen LogP contribution in [-0.4, -0.2) is 30.0 Å². The first kappa shape index (κ1) is 20.3. The van der Waals surface area contributed by atoms with Crippen molar-refractivity contribution >= 4 is 33.2 Å². The third kappa shape index (κ3) is 3.43. The van der Waals surface area contributed by atoms with Gasteiger partial charge >= 0.3 is 5.97 Å². The number of fused-ring (bicyclic) bond motifs is 3. The molecule has 0 unspecified atom stereocenters. The zero-order chi connectivity index (χ0) is 21.3. The Hall–Kier alpha value is -2.93. The highest BCUT2D eigenvalue weighted by atomic mass is 32.1. The average Bonchev–Trinajstić information content (AvgIpc) is 3.17.